The SMILES string of the molecule is CCN1CCN(/C=C(/C#N)C(=O)Nc2ccc(Oc3ccccc3)cc2)CC1. The number of amides is 1. The van der Waals surface area contributed by atoms with Gasteiger partial charge in [-0.15, -0.1) is 0 Å². The summed E-state index contributed by atoms with van der Waals surface area (Å²) in [5, 5.41) is 12.1. The normalized spacial score (nSPS) is 15.0. The Hall–Kier alpha value is -3.30. The fourth-order valence-corrected chi connectivity index (χ4v) is 2.96. The van der Waals surface area contributed by atoms with Crippen LogP contribution in [0.3, 0.4) is 0 Å². The molecule has 0 spiro atoms. The second-order valence-electron chi connectivity index (χ2n) is 6.52. The van der Waals surface area contributed by atoms with Crippen LogP contribution in [0.4, 0.5) is 5.69 Å². The van der Waals surface area contributed by atoms with Crippen LogP contribution >= 0.6 is 0 Å². The Bertz CT molecular complexity index is 848. The van der Waals surface area contributed by atoms with Gasteiger partial charge in [0.2, 0.25) is 0 Å². The Morgan fingerprint density at radius 1 is 1.07 bits per heavy atom. The van der Waals surface area contributed by atoms with Crippen LogP contribution in [0.5, 0.6) is 11.5 Å². The number of benzene rings is 2. The third kappa shape index (κ3) is 5.35. The van der Waals surface area contributed by atoms with E-state index in [0.717, 1.165) is 38.5 Å². The van der Waals surface area contributed by atoms with Gasteiger partial charge in [-0.1, -0.05) is 25.1 Å². The van der Waals surface area contributed by atoms with Crippen molar-refractivity contribution in [3.8, 4) is 17.6 Å². The Labute approximate surface area is 165 Å². The molecule has 1 amide bonds. The number of rotatable bonds is 6. The average Bonchev–Trinajstić information content (AvgIpc) is 2.74. The van der Waals surface area contributed by atoms with Gasteiger partial charge in [-0.2, -0.15) is 5.26 Å². The zero-order valence-corrected chi connectivity index (χ0v) is 16.0. The summed E-state index contributed by atoms with van der Waals surface area (Å²) in [6, 6.07) is 18.6. The summed E-state index contributed by atoms with van der Waals surface area (Å²) >= 11 is 0. The van der Waals surface area contributed by atoms with Gasteiger partial charge in [0.15, 0.2) is 0 Å². The fourth-order valence-electron chi connectivity index (χ4n) is 2.96. The molecule has 0 aromatic heterocycles. The fraction of sp³-hybridized carbons (Fsp3) is 0.273. The summed E-state index contributed by atoms with van der Waals surface area (Å²) in [5.41, 5.74) is 0.719. The van der Waals surface area contributed by atoms with Crippen LogP contribution in [0.1, 0.15) is 6.92 Å². The molecule has 144 valence electrons. The topological polar surface area (TPSA) is 68.6 Å². The van der Waals surface area contributed by atoms with E-state index in [-0.39, 0.29) is 5.57 Å². The van der Waals surface area contributed by atoms with Gasteiger partial charge < -0.3 is 19.9 Å². The quantitative estimate of drug-likeness (QED) is 0.618. The highest BCUT2D eigenvalue weighted by molar-refractivity contribution is 6.06. The van der Waals surface area contributed by atoms with Crippen LogP contribution in [0.2, 0.25) is 0 Å². The molecule has 6 nitrogen and oxygen atoms in total. The van der Waals surface area contributed by atoms with Crippen molar-refractivity contribution in [3.63, 3.8) is 0 Å². The Kier molecular flexibility index (Phi) is 6.66. The number of likely N-dealkylation sites (N-methyl/N-ethyl adjacent to an activating group) is 1. The van der Waals surface area contributed by atoms with E-state index in [1.54, 1.807) is 30.5 Å². The average molecular weight is 376 g/mol. The summed E-state index contributed by atoms with van der Waals surface area (Å²) in [6.07, 6.45) is 1.66. The van der Waals surface area contributed by atoms with Gasteiger partial charge in [0.1, 0.15) is 23.1 Å². The third-order valence-corrected chi connectivity index (χ3v) is 4.62. The van der Waals surface area contributed by atoms with E-state index in [4.69, 9.17) is 4.74 Å². The number of piperazine rings is 1. The van der Waals surface area contributed by atoms with Gasteiger partial charge in [0.25, 0.3) is 5.91 Å². The molecule has 0 unspecified atom stereocenters. The van der Waals surface area contributed by atoms with Crippen LogP contribution < -0.4 is 10.1 Å². The highest BCUT2D eigenvalue weighted by Gasteiger charge is 2.16. The van der Waals surface area contributed by atoms with Crippen molar-refractivity contribution in [3.05, 3.63) is 66.4 Å². The molecule has 1 heterocycles. The maximum atomic E-state index is 12.4. The van der Waals surface area contributed by atoms with Gasteiger partial charge in [0, 0.05) is 38.1 Å². The van der Waals surface area contributed by atoms with Gasteiger partial charge >= 0.3 is 0 Å². The Morgan fingerprint density at radius 2 is 1.71 bits per heavy atom. The molecule has 1 N–H and O–H groups in total. The van der Waals surface area contributed by atoms with Crippen LogP contribution in [0, 0.1) is 11.3 Å². The van der Waals surface area contributed by atoms with E-state index in [0.29, 0.717) is 11.4 Å². The number of anilines is 1. The molecular formula is C22H24N4O2. The summed E-state index contributed by atoms with van der Waals surface area (Å²) < 4.78 is 5.74. The van der Waals surface area contributed by atoms with E-state index in [1.807, 2.05) is 41.3 Å². The number of para-hydroxylation sites is 1. The summed E-state index contributed by atoms with van der Waals surface area (Å²) in [7, 11) is 0. The number of hydrogen-bond acceptors (Lipinski definition) is 5. The van der Waals surface area contributed by atoms with Gasteiger partial charge in [0.05, 0.1) is 0 Å². The Balaban J connectivity index is 1.58. The lowest BCUT2D eigenvalue weighted by Gasteiger charge is -2.33. The molecule has 2 aromatic carbocycles. The zero-order valence-electron chi connectivity index (χ0n) is 16.0. The van der Waals surface area contributed by atoms with E-state index in [2.05, 4.69) is 17.1 Å². The number of carbonyl (C=O) groups is 1. The first-order valence-electron chi connectivity index (χ1n) is 9.40. The van der Waals surface area contributed by atoms with Crippen LogP contribution in [0.25, 0.3) is 0 Å². The maximum Gasteiger partial charge on any atom is 0.267 e. The van der Waals surface area contributed by atoms with Crippen molar-refractivity contribution < 1.29 is 9.53 Å². The van der Waals surface area contributed by atoms with Gasteiger partial charge in [-0.3, -0.25) is 4.79 Å². The predicted molar refractivity (Wildman–Crippen MR) is 109 cm³/mol. The molecule has 1 aliphatic heterocycles. The number of nitrogens with zero attached hydrogens (tertiary/aromatic N) is 3. The van der Waals surface area contributed by atoms with Crippen molar-refractivity contribution >= 4 is 11.6 Å². The maximum absolute atomic E-state index is 12.4. The lowest BCUT2D eigenvalue weighted by molar-refractivity contribution is -0.112. The first kappa shape index (κ1) is 19.5. The number of hydrogen-bond donors (Lipinski definition) is 1. The molecule has 28 heavy (non-hydrogen) atoms. The minimum atomic E-state index is -0.405. The Morgan fingerprint density at radius 3 is 2.32 bits per heavy atom. The molecule has 1 fully saturated rings. The molecule has 6 heteroatoms. The largest absolute Gasteiger partial charge is 0.457 e. The zero-order chi connectivity index (χ0) is 19.8. The minimum Gasteiger partial charge on any atom is -0.457 e. The molecule has 0 radical (unpaired) electrons. The minimum absolute atomic E-state index is 0.106. The standard InChI is InChI=1S/C22H24N4O2/c1-2-25-12-14-26(15-13-25)17-18(16-23)22(27)24-19-8-10-21(11-9-19)28-20-6-4-3-5-7-20/h3-11,17H,2,12-15H2,1H3,(H,24,27)/b18-17-. The van der Waals surface area contributed by atoms with E-state index in [1.165, 1.54) is 0 Å². The third-order valence-electron chi connectivity index (χ3n) is 4.62. The second kappa shape index (κ2) is 9.58. The summed E-state index contributed by atoms with van der Waals surface area (Å²) in [4.78, 5) is 16.8. The molecular weight excluding hydrogens is 352 g/mol. The number of nitriles is 1. The lowest BCUT2D eigenvalue weighted by atomic mass is 10.2. The predicted octanol–water partition coefficient (Wildman–Crippen LogP) is 3.46. The molecule has 0 aliphatic carbocycles. The van der Waals surface area contributed by atoms with E-state index in [9.17, 15) is 10.1 Å². The smallest absolute Gasteiger partial charge is 0.267 e. The molecule has 0 bridgehead atoms. The summed E-state index contributed by atoms with van der Waals surface area (Å²) in [5.74, 6) is 1.02. The summed E-state index contributed by atoms with van der Waals surface area (Å²) in [6.45, 7) is 6.67. The molecule has 0 atom stereocenters. The van der Waals surface area contributed by atoms with Crippen molar-refractivity contribution in [2.45, 2.75) is 6.92 Å². The first-order valence-corrected chi connectivity index (χ1v) is 9.40. The van der Waals surface area contributed by atoms with Gasteiger partial charge in [-0.05, 0) is 42.9 Å². The highest BCUT2D eigenvalue weighted by Crippen LogP contribution is 2.22. The second-order valence-corrected chi connectivity index (χ2v) is 6.52. The molecule has 1 aliphatic rings. The van der Waals surface area contributed by atoms with Crippen LogP contribution in [-0.4, -0.2) is 48.4 Å². The number of carbonyl (C=O) groups excluding carboxylic acids is 1. The number of nitrogens with one attached hydrogen (secondary N) is 1. The molecule has 3 rings (SSSR count). The van der Waals surface area contributed by atoms with Crippen LogP contribution in [-0.2, 0) is 4.79 Å². The molecule has 1 saturated heterocycles. The van der Waals surface area contributed by atoms with Crippen LogP contribution in [0.15, 0.2) is 66.4 Å². The van der Waals surface area contributed by atoms with E-state index < -0.39 is 5.91 Å². The van der Waals surface area contributed by atoms with E-state index >= 15 is 0 Å². The first-order chi connectivity index (χ1) is 13.7. The van der Waals surface area contributed by atoms with Gasteiger partial charge in [-0.25, -0.2) is 0 Å². The van der Waals surface area contributed by atoms with Crippen molar-refractivity contribution in [1.82, 2.24) is 9.80 Å². The number of ether oxygens (including phenoxy) is 1. The monoisotopic (exact) mass is 376 g/mol. The molecule has 2 aromatic rings. The van der Waals surface area contributed by atoms with Crippen molar-refractivity contribution in [1.29, 1.82) is 5.26 Å². The van der Waals surface area contributed by atoms with Crippen molar-refractivity contribution in [2.24, 2.45) is 0 Å². The lowest BCUT2D eigenvalue weighted by Crippen LogP contribution is -2.44. The molecule has 0 saturated carbocycles. The highest BCUT2D eigenvalue weighted by atomic mass is 16.5. The van der Waals surface area contributed by atoms with Crippen molar-refractivity contribution in [2.75, 3.05) is 38.0 Å².